The average molecular weight is 335 g/mol. The van der Waals surface area contributed by atoms with Crippen molar-refractivity contribution >= 4 is 26.5 Å². The van der Waals surface area contributed by atoms with E-state index in [1.807, 2.05) is 0 Å². The lowest BCUT2D eigenvalue weighted by Crippen LogP contribution is -2.41. The molecule has 122 valence electrons. The molecule has 2 heterocycles. The van der Waals surface area contributed by atoms with Gasteiger partial charge in [-0.05, 0) is 19.4 Å². The lowest BCUT2D eigenvalue weighted by molar-refractivity contribution is 0.0703. The fourth-order valence-corrected chi connectivity index (χ4v) is 4.73. The van der Waals surface area contributed by atoms with Crippen LogP contribution in [0, 0.1) is 0 Å². The molecule has 3 rings (SSSR count). The predicted octanol–water partition coefficient (Wildman–Crippen LogP) is 0.572. The summed E-state index contributed by atoms with van der Waals surface area (Å²) < 4.78 is 23.4. The van der Waals surface area contributed by atoms with Crippen molar-refractivity contribution in [2.45, 2.75) is 19.4 Å². The predicted molar refractivity (Wildman–Crippen MR) is 86.1 cm³/mol. The van der Waals surface area contributed by atoms with Crippen molar-refractivity contribution in [3.63, 3.8) is 0 Å². The van der Waals surface area contributed by atoms with E-state index in [4.69, 9.17) is 0 Å². The third kappa shape index (κ3) is 2.86. The SMILES string of the molecule is CCN(C(=O)c1n[nH]c(=O)c2ccccc12)C1CCS(=O)(=O)C1. The number of sulfone groups is 1. The summed E-state index contributed by atoms with van der Waals surface area (Å²) in [5, 5.41) is 7.11. The maximum Gasteiger partial charge on any atom is 0.275 e. The third-order valence-electron chi connectivity index (χ3n) is 4.15. The number of carbonyl (C=O) groups is 1. The number of aromatic nitrogens is 2. The van der Waals surface area contributed by atoms with Gasteiger partial charge >= 0.3 is 0 Å². The first-order valence-electron chi connectivity index (χ1n) is 7.42. The molecule has 1 aliphatic rings. The Labute approximate surface area is 133 Å². The summed E-state index contributed by atoms with van der Waals surface area (Å²) in [5.41, 5.74) is -0.213. The first-order chi connectivity index (χ1) is 10.9. The van der Waals surface area contributed by atoms with E-state index in [1.54, 1.807) is 31.2 Å². The monoisotopic (exact) mass is 335 g/mol. The van der Waals surface area contributed by atoms with E-state index in [1.165, 1.54) is 4.90 Å². The minimum atomic E-state index is -3.09. The minimum Gasteiger partial charge on any atom is -0.333 e. The molecule has 0 saturated carbocycles. The molecule has 23 heavy (non-hydrogen) atoms. The Morgan fingerprint density at radius 3 is 2.65 bits per heavy atom. The molecule has 0 bridgehead atoms. The van der Waals surface area contributed by atoms with E-state index in [0.29, 0.717) is 23.7 Å². The molecular formula is C15H17N3O4S. The van der Waals surface area contributed by atoms with Crippen LogP contribution in [0.3, 0.4) is 0 Å². The maximum absolute atomic E-state index is 12.8. The van der Waals surface area contributed by atoms with Crippen LogP contribution in [0.15, 0.2) is 29.1 Å². The second kappa shape index (κ2) is 5.77. The molecule has 1 N–H and O–H groups in total. The highest BCUT2D eigenvalue weighted by atomic mass is 32.2. The molecule has 0 spiro atoms. The number of rotatable bonds is 3. The molecule has 1 aromatic carbocycles. The number of hydrogen-bond acceptors (Lipinski definition) is 5. The van der Waals surface area contributed by atoms with Crippen LogP contribution in [0.25, 0.3) is 10.8 Å². The molecular weight excluding hydrogens is 318 g/mol. The van der Waals surface area contributed by atoms with E-state index in [2.05, 4.69) is 10.2 Å². The summed E-state index contributed by atoms with van der Waals surface area (Å²) in [5.74, 6) is -0.281. The summed E-state index contributed by atoms with van der Waals surface area (Å²) in [6, 6.07) is 6.40. The van der Waals surface area contributed by atoms with Crippen molar-refractivity contribution in [3.8, 4) is 0 Å². The van der Waals surface area contributed by atoms with Crippen LogP contribution in [-0.4, -0.2) is 53.5 Å². The van der Waals surface area contributed by atoms with Crippen molar-refractivity contribution in [3.05, 3.63) is 40.3 Å². The molecule has 1 amide bonds. The molecule has 2 aromatic rings. The number of H-pyrrole nitrogens is 1. The van der Waals surface area contributed by atoms with Gasteiger partial charge in [-0.3, -0.25) is 9.59 Å². The normalized spacial score (nSPS) is 19.8. The van der Waals surface area contributed by atoms with Gasteiger partial charge in [-0.2, -0.15) is 5.10 Å². The minimum absolute atomic E-state index is 0.0200. The highest BCUT2D eigenvalue weighted by Crippen LogP contribution is 2.21. The number of nitrogens with one attached hydrogen (secondary N) is 1. The zero-order chi connectivity index (χ0) is 16.6. The van der Waals surface area contributed by atoms with Crippen LogP contribution < -0.4 is 5.56 Å². The van der Waals surface area contributed by atoms with Gasteiger partial charge in [0.15, 0.2) is 15.5 Å². The highest BCUT2D eigenvalue weighted by molar-refractivity contribution is 7.91. The van der Waals surface area contributed by atoms with E-state index in [0.717, 1.165) is 0 Å². The van der Waals surface area contributed by atoms with Crippen molar-refractivity contribution in [2.24, 2.45) is 0 Å². The molecule has 7 nitrogen and oxygen atoms in total. The molecule has 0 radical (unpaired) electrons. The van der Waals surface area contributed by atoms with Crippen LogP contribution in [0.5, 0.6) is 0 Å². The standard InChI is InChI=1S/C15H17N3O4S/c1-2-18(10-7-8-23(21,22)9-10)15(20)13-11-5-3-4-6-12(11)14(19)17-16-13/h3-6,10H,2,7-9H2,1H3,(H,17,19). The molecule has 1 fully saturated rings. The van der Waals surface area contributed by atoms with Gasteiger partial charge in [0, 0.05) is 18.0 Å². The number of amides is 1. The number of aromatic amines is 1. The van der Waals surface area contributed by atoms with Crippen LogP contribution in [-0.2, 0) is 9.84 Å². The number of nitrogens with zero attached hydrogens (tertiary/aromatic N) is 2. The number of hydrogen-bond donors (Lipinski definition) is 1. The second-order valence-corrected chi connectivity index (χ2v) is 7.82. The fraction of sp³-hybridized carbons (Fsp3) is 0.400. The fourth-order valence-electron chi connectivity index (χ4n) is 3.00. The van der Waals surface area contributed by atoms with Crippen LogP contribution in [0.4, 0.5) is 0 Å². The first-order valence-corrected chi connectivity index (χ1v) is 9.24. The number of carbonyl (C=O) groups excluding carboxylic acids is 1. The second-order valence-electron chi connectivity index (χ2n) is 5.59. The van der Waals surface area contributed by atoms with Gasteiger partial charge < -0.3 is 4.90 Å². The van der Waals surface area contributed by atoms with Gasteiger partial charge in [0.2, 0.25) is 0 Å². The molecule has 1 aliphatic heterocycles. The third-order valence-corrected chi connectivity index (χ3v) is 5.90. The smallest absolute Gasteiger partial charge is 0.275 e. The topological polar surface area (TPSA) is 100 Å². The Kier molecular flexibility index (Phi) is 3.93. The van der Waals surface area contributed by atoms with E-state index in [9.17, 15) is 18.0 Å². The van der Waals surface area contributed by atoms with Crippen LogP contribution in [0.1, 0.15) is 23.8 Å². The molecule has 1 unspecified atom stereocenters. The van der Waals surface area contributed by atoms with Gasteiger partial charge in [0.25, 0.3) is 11.5 Å². The van der Waals surface area contributed by atoms with Gasteiger partial charge in [0.05, 0.1) is 16.9 Å². The quantitative estimate of drug-likeness (QED) is 0.884. The van der Waals surface area contributed by atoms with Gasteiger partial charge in [-0.1, -0.05) is 18.2 Å². The lowest BCUT2D eigenvalue weighted by atomic mass is 10.1. The van der Waals surface area contributed by atoms with Crippen molar-refractivity contribution < 1.29 is 13.2 Å². The summed E-state index contributed by atoms with van der Waals surface area (Å²) in [7, 11) is -3.09. The Hall–Kier alpha value is -2.22. The van der Waals surface area contributed by atoms with Crippen molar-refractivity contribution in [2.75, 3.05) is 18.1 Å². The van der Waals surface area contributed by atoms with Crippen molar-refractivity contribution in [1.82, 2.24) is 15.1 Å². The summed E-state index contributed by atoms with van der Waals surface area (Å²) in [6.45, 7) is 2.19. The Morgan fingerprint density at radius 1 is 1.35 bits per heavy atom. The zero-order valence-electron chi connectivity index (χ0n) is 12.7. The number of benzene rings is 1. The Morgan fingerprint density at radius 2 is 2.04 bits per heavy atom. The summed E-state index contributed by atoms with van der Waals surface area (Å²) in [6.07, 6.45) is 0.434. The Balaban J connectivity index is 2.03. The largest absolute Gasteiger partial charge is 0.333 e. The molecule has 1 aromatic heterocycles. The van der Waals surface area contributed by atoms with E-state index < -0.39 is 9.84 Å². The molecule has 1 saturated heterocycles. The van der Waals surface area contributed by atoms with E-state index >= 15 is 0 Å². The van der Waals surface area contributed by atoms with E-state index in [-0.39, 0.29) is 34.7 Å². The maximum atomic E-state index is 12.8. The first kappa shape index (κ1) is 15.7. The number of fused-ring (bicyclic) bond motifs is 1. The zero-order valence-corrected chi connectivity index (χ0v) is 13.5. The average Bonchev–Trinajstić information content (AvgIpc) is 2.88. The van der Waals surface area contributed by atoms with Gasteiger partial charge in [-0.15, -0.1) is 0 Å². The molecule has 0 aliphatic carbocycles. The van der Waals surface area contributed by atoms with Crippen LogP contribution >= 0.6 is 0 Å². The molecule has 1 atom stereocenters. The molecule has 8 heteroatoms. The van der Waals surface area contributed by atoms with Gasteiger partial charge in [-0.25, -0.2) is 13.5 Å². The van der Waals surface area contributed by atoms with Crippen LogP contribution in [0.2, 0.25) is 0 Å². The summed E-state index contributed by atoms with van der Waals surface area (Å²) >= 11 is 0. The van der Waals surface area contributed by atoms with Gasteiger partial charge in [0.1, 0.15) is 0 Å². The van der Waals surface area contributed by atoms with Crippen molar-refractivity contribution in [1.29, 1.82) is 0 Å². The lowest BCUT2D eigenvalue weighted by Gasteiger charge is -2.26. The Bertz CT molecular complexity index is 920. The summed E-state index contributed by atoms with van der Waals surface area (Å²) in [4.78, 5) is 26.2. The highest BCUT2D eigenvalue weighted by Gasteiger charge is 2.35.